The predicted octanol–water partition coefficient (Wildman–Crippen LogP) is 0.261. The SMILES string of the molecule is CC(C)NC(=C=O)CN(C)C. The molecule has 0 unspecified atom stereocenters. The largest absolute Gasteiger partial charge is 0.376 e. The van der Waals surface area contributed by atoms with Gasteiger partial charge in [-0.3, -0.25) is 0 Å². The molecule has 0 aromatic heterocycles. The van der Waals surface area contributed by atoms with Crippen molar-refractivity contribution in [1.82, 2.24) is 10.2 Å². The van der Waals surface area contributed by atoms with E-state index < -0.39 is 0 Å². The van der Waals surface area contributed by atoms with Crippen LogP contribution in [0.25, 0.3) is 0 Å². The molecule has 0 rings (SSSR count). The number of carbonyl (C=O) groups excluding carboxylic acids is 1. The molecule has 0 bridgehead atoms. The topological polar surface area (TPSA) is 32.3 Å². The van der Waals surface area contributed by atoms with Crippen LogP contribution in [-0.2, 0) is 4.79 Å². The normalized spacial score (nSPS) is 10.0. The number of nitrogens with one attached hydrogen (secondary N) is 1. The summed E-state index contributed by atoms with van der Waals surface area (Å²) in [4.78, 5) is 12.3. The first kappa shape index (κ1) is 10.2. The van der Waals surface area contributed by atoms with Gasteiger partial charge in [0, 0.05) is 12.6 Å². The summed E-state index contributed by atoms with van der Waals surface area (Å²) in [5.41, 5.74) is 0.616. The third-order valence-corrected chi connectivity index (χ3v) is 1.06. The molecule has 0 aromatic carbocycles. The Bertz CT molecular complexity index is 145. The maximum Gasteiger partial charge on any atom is 0.146 e. The minimum atomic E-state index is 0.298. The van der Waals surface area contributed by atoms with Crippen LogP contribution in [0, 0.1) is 0 Å². The van der Waals surface area contributed by atoms with E-state index in [-0.39, 0.29) is 0 Å². The molecule has 0 heterocycles. The molecule has 11 heavy (non-hydrogen) atoms. The molecule has 0 aliphatic carbocycles. The number of rotatable bonds is 4. The average Bonchev–Trinajstić information content (AvgIpc) is 1.84. The monoisotopic (exact) mass is 156 g/mol. The molecule has 0 spiro atoms. The highest BCUT2D eigenvalue weighted by atomic mass is 16.1. The van der Waals surface area contributed by atoms with Crippen molar-refractivity contribution in [1.29, 1.82) is 0 Å². The number of likely N-dealkylation sites (N-methyl/N-ethyl adjacent to an activating group) is 1. The van der Waals surface area contributed by atoms with Gasteiger partial charge >= 0.3 is 0 Å². The molecule has 64 valence electrons. The van der Waals surface area contributed by atoms with Crippen LogP contribution in [0.3, 0.4) is 0 Å². The predicted molar refractivity (Wildman–Crippen MR) is 46.0 cm³/mol. The van der Waals surface area contributed by atoms with Crippen molar-refractivity contribution in [3.05, 3.63) is 5.70 Å². The molecule has 0 fully saturated rings. The first-order chi connectivity index (χ1) is 5.06. The fourth-order valence-corrected chi connectivity index (χ4v) is 0.772. The van der Waals surface area contributed by atoms with Gasteiger partial charge in [0.1, 0.15) is 11.6 Å². The highest BCUT2D eigenvalue weighted by Crippen LogP contribution is 1.88. The smallest absolute Gasteiger partial charge is 0.146 e. The minimum absolute atomic E-state index is 0.298. The van der Waals surface area contributed by atoms with Gasteiger partial charge in [-0.2, -0.15) is 0 Å². The second kappa shape index (κ2) is 4.94. The van der Waals surface area contributed by atoms with Crippen LogP contribution in [-0.4, -0.2) is 37.5 Å². The van der Waals surface area contributed by atoms with E-state index in [1.807, 2.05) is 38.8 Å². The first-order valence-electron chi connectivity index (χ1n) is 3.71. The van der Waals surface area contributed by atoms with Crippen molar-refractivity contribution in [3.8, 4) is 0 Å². The Kier molecular flexibility index (Phi) is 4.59. The lowest BCUT2D eigenvalue weighted by molar-refractivity contribution is 0.426. The molecule has 0 saturated carbocycles. The van der Waals surface area contributed by atoms with E-state index >= 15 is 0 Å². The van der Waals surface area contributed by atoms with E-state index in [0.29, 0.717) is 18.3 Å². The van der Waals surface area contributed by atoms with E-state index in [2.05, 4.69) is 5.32 Å². The zero-order chi connectivity index (χ0) is 8.85. The molecule has 3 nitrogen and oxygen atoms in total. The zero-order valence-corrected chi connectivity index (χ0v) is 7.64. The lowest BCUT2D eigenvalue weighted by Crippen LogP contribution is -2.29. The molecule has 0 saturated heterocycles. The molecular weight excluding hydrogens is 140 g/mol. The molecule has 3 heteroatoms. The lowest BCUT2D eigenvalue weighted by atomic mass is 10.3. The van der Waals surface area contributed by atoms with E-state index in [9.17, 15) is 4.79 Å². The van der Waals surface area contributed by atoms with Gasteiger partial charge in [0.15, 0.2) is 0 Å². The van der Waals surface area contributed by atoms with Gasteiger partial charge < -0.3 is 10.2 Å². The summed E-state index contributed by atoms with van der Waals surface area (Å²) in [7, 11) is 3.83. The number of hydrogen-bond acceptors (Lipinski definition) is 3. The fourth-order valence-electron chi connectivity index (χ4n) is 0.772. The summed E-state index contributed by atoms with van der Waals surface area (Å²) in [6, 6.07) is 0.298. The molecule has 0 aromatic rings. The van der Waals surface area contributed by atoms with E-state index in [0.717, 1.165) is 0 Å². The van der Waals surface area contributed by atoms with Crippen LogP contribution >= 0.6 is 0 Å². The summed E-state index contributed by atoms with van der Waals surface area (Å²) in [5, 5.41) is 3.01. The Morgan fingerprint density at radius 1 is 1.55 bits per heavy atom. The van der Waals surface area contributed by atoms with Gasteiger partial charge in [0.2, 0.25) is 0 Å². The zero-order valence-electron chi connectivity index (χ0n) is 7.64. The third-order valence-electron chi connectivity index (χ3n) is 1.06. The Balaban J connectivity index is 3.89. The van der Waals surface area contributed by atoms with Gasteiger partial charge in [-0.1, -0.05) is 0 Å². The van der Waals surface area contributed by atoms with Gasteiger partial charge in [-0.05, 0) is 27.9 Å². The average molecular weight is 156 g/mol. The van der Waals surface area contributed by atoms with E-state index in [4.69, 9.17) is 0 Å². The van der Waals surface area contributed by atoms with Crippen molar-refractivity contribution in [3.63, 3.8) is 0 Å². The third kappa shape index (κ3) is 5.64. The van der Waals surface area contributed by atoms with Crippen molar-refractivity contribution in [2.75, 3.05) is 20.6 Å². The maximum absolute atomic E-state index is 10.3. The van der Waals surface area contributed by atoms with Crippen molar-refractivity contribution in [2.45, 2.75) is 19.9 Å². The summed E-state index contributed by atoms with van der Waals surface area (Å²) in [5.74, 6) is 1.88. The minimum Gasteiger partial charge on any atom is -0.376 e. The Morgan fingerprint density at radius 3 is 2.36 bits per heavy atom. The molecule has 0 aliphatic heterocycles. The van der Waals surface area contributed by atoms with Crippen LogP contribution < -0.4 is 5.32 Å². The van der Waals surface area contributed by atoms with Crippen molar-refractivity contribution in [2.24, 2.45) is 0 Å². The molecular formula is C8H16N2O. The summed E-state index contributed by atoms with van der Waals surface area (Å²) in [6.45, 7) is 4.61. The lowest BCUT2D eigenvalue weighted by Gasteiger charge is -2.14. The van der Waals surface area contributed by atoms with Crippen molar-refractivity contribution >= 4 is 5.94 Å². The van der Waals surface area contributed by atoms with E-state index in [1.165, 1.54) is 0 Å². The molecule has 0 radical (unpaired) electrons. The van der Waals surface area contributed by atoms with Gasteiger partial charge in [0.05, 0.1) is 0 Å². The Labute approximate surface area is 68.1 Å². The van der Waals surface area contributed by atoms with Gasteiger partial charge in [-0.25, -0.2) is 4.79 Å². The quantitative estimate of drug-likeness (QED) is 0.593. The Morgan fingerprint density at radius 2 is 2.09 bits per heavy atom. The maximum atomic E-state index is 10.3. The summed E-state index contributed by atoms with van der Waals surface area (Å²) >= 11 is 0. The van der Waals surface area contributed by atoms with Gasteiger partial charge in [0.25, 0.3) is 0 Å². The summed E-state index contributed by atoms with van der Waals surface area (Å²) in [6.07, 6.45) is 0. The van der Waals surface area contributed by atoms with E-state index in [1.54, 1.807) is 0 Å². The van der Waals surface area contributed by atoms with Gasteiger partial charge in [-0.15, -0.1) is 0 Å². The molecule has 0 amide bonds. The molecule has 0 atom stereocenters. The highest BCUT2D eigenvalue weighted by molar-refractivity contribution is 5.52. The summed E-state index contributed by atoms with van der Waals surface area (Å²) < 4.78 is 0. The van der Waals surface area contributed by atoms with Crippen LogP contribution in [0.4, 0.5) is 0 Å². The highest BCUT2D eigenvalue weighted by Gasteiger charge is 2.00. The number of hydrogen-bond donors (Lipinski definition) is 1. The standard InChI is InChI=1S/C8H16N2O/c1-7(2)9-8(6-11)5-10(3)4/h7,9H,5H2,1-4H3. The number of nitrogens with zero attached hydrogens (tertiary/aromatic N) is 1. The van der Waals surface area contributed by atoms with Crippen LogP contribution in [0.15, 0.2) is 5.70 Å². The van der Waals surface area contributed by atoms with Crippen LogP contribution in [0.2, 0.25) is 0 Å². The van der Waals surface area contributed by atoms with Crippen LogP contribution in [0.5, 0.6) is 0 Å². The molecule has 1 N–H and O–H groups in total. The second-order valence-corrected chi connectivity index (χ2v) is 3.12. The van der Waals surface area contributed by atoms with Crippen LogP contribution in [0.1, 0.15) is 13.8 Å². The molecule has 0 aliphatic rings. The second-order valence-electron chi connectivity index (χ2n) is 3.12. The van der Waals surface area contributed by atoms with Crippen molar-refractivity contribution < 1.29 is 4.79 Å². The fraction of sp³-hybridized carbons (Fsp3) is 0.750. The first-order valence-corrected chi connectivity index (χ1v) is 3.71. The Hall–Kier alpha value is -0.790.